The Morgan fingerprint density at radius 3 is 2.24 bits per heavy atom. The molecule has 0 radical (unpaired) electrons. The molecule has 0 nitrogen and oxygen atoms in total. The van der Waals surface area contributed by atoms with Gasteiger partial charge in [-0.05, 0) is 25.5 Å². The number of rotatable bonds is 7. The van der Waals surface area contributed by atoms with Gasteiger partial charge in [-0.15, -0.1) is 11.8 Å². The molecular weight excluding hydrogens is 224 g/mol. The maximum atomic E-state index is 2.36. The third kappa shape index (κ3) is 6.16. The summed E-state index contributed by atoms with van der Waals surface area (Å²) in [4.78, 5) is 1.40. The van der Waals surface area contributed by atoms with E-state index in [1.807, 2.05) is 11.8 Å². The molecule has 0 amide bonds. The van der Waals surface area contributed by atoms with E-state index in [0.29, 0.717) is 4.75 Å². The van der Waals surface area contributed by atoms with E-state index >= 15 is 0 Å². The minimum absolute atomic E-state index is 0.364. The molecule has 96 valence electrons. The monoisotopic (exact) mass is 250 g/mol. The van der Waals surface area contributed by atoms with E-state index in [0.717, 1.165) is 0 Å². The number of benzene rings is 1. The second-order valence-corrected chi connectivity index (χ2v) is 7.27. The first-order valence-electron chi connectivity index (χ1n) is 6.79. The summed E-state index contributed by atoms with van der Waals surface area (Å²) in [5, 5.41) is 0. The van der Waals surface area contributed by atoms with Crippen LogP contribution >= 0.6 is 11.8 Å². The zero-order valence-corrected chi connectivity index (χ0v) is 12.6. The van der Waals surface area contributed by atoms with Gasteiger partial charge < -0.3 is 0 Å². The summed E-state index contributed by atoms with van der Waals surface area (Å²) in [6, 6.07) is 8.90. The summed E-state index contributed by atoms with van der Waals surface area (Å²) in [5.41, 5.74) is 1.34. The van der Waals surface area contributed by atoms with Gasteiger partial charge in [-0.3, -0.25) is 0 Å². The van der Waals surface area contributed by atoms with Gasteiger partial charge in [0.05, 0.1) is 0 Å². The first-order chi connectivity index (χ1) is 8.03. The van der Waals surface area contributed by atoms with Gasteiger partial charge >= 0.3 is 0 Å². The van der Waals surface area contributed by atoms with Crippen LogP contribution in [-0.2, 0) is 0 Å². The van der Waals surface area contributed by atoms with Crippen molar-refractivity contribution in [3.8, 4) is 0 Å². The Hall–Kier alpha value is -0.430. The molecule has 0 aliphatic rings. The van der Waals surface area contributed by atoms with Crippen molar-refractivity contribution in [1.29, 1.82) is 0 Å². The molecule has 1 aromatic rings. The SMILES string of the molecule is CCCCCCC(C)(C)Sc1ccc(C)cc1. The molecule has 1 rings (SSSR count). The van der Waals surface area contributed by atoms with Gasteiger partial charge in [-0.1, -0.05) is 64.2 Å². The Kier molecular flexibility index (Phi) is 6.11. The van der Waals surface area contributed by atoms with E-state index in [1.165, 1.54) is 42.6 Å². The summed E-state index contributed by atoms with van der Waals surface area (Å²) in [6.45, 7) is 9.14. The van der Waals surface area contributed by atoms with Crippen molar-refractivity contribution < 1.29 is 0 Å². The third-order valence-corrected chi connectivity index (χ3v) is 4.31. The van der Waals surface area contributed by atoms with Crippen molar-refractivity contribution in [2.45, 2.75) is 69.4 Å². The molecule has 0 saturated heterocycles. The standard InChI is InChI=1S/C16H26S/c1-5-6-7-8-13-16(3,4)17-15-11-9-14(2)10-12-15/h9-12H,5-8,13H2,1-4H3. The first kappa shape index (κ1) is 14.6. The van der Waals surface area contributed by atoms with E-state index in [4.69, 9.17) is 0 Å². The number of aryl methyl sites for hydroxylation is 1. The Balaban J connectivity index is 2.40. The lowest BCUT2D eigenvalue weighted by Crippen LogP contribution is -2.13. The highest BCUT2D eigenvalue weighted by Gasteiger charge is 2.18. The second-order valence-electron chi connectivity index (χ2n) is 5.49. The van der Waals surface area contributed by atoms with Crippen LogP contribution in [0.2, 0.25) is 0 Å². The van der Waals surface area contributed by atoms with Gasteiger partial charge in [-0.25, -0.2) is 0 Å². The molecule has 0 saturated carbocycles. The lowest BCUT2D eigenvalue weighted by Gasteiger charge is -2.24. The maximum Gasteiger partial charge on any atom is 0.0150 e. The van der Waals surface area contributed by atoms with Gasteiger partial charge in [0.2, 0.25) is 0 Å². The molecule has 0 aromatic heterocycles. The highest BCUT2D eigenvalue weighted by molar-refractivity contribution is 8.00. The smallest absolute Gasteiger partial charge is 0.0150 e. The molecule has 0 N–H and O–H groups in total. The fourth-order valence-electron chi connectivity index (χ4n) is 1.95. The fraction of sp³-hybridized carbons (Fsp3) is 0.625. The molecule has 17 heavy (non-hydrogen) atoms. The van der Waals surface area contributed by atoms with Crippen molar-refractivity contribution in [3.05, 3.63) is 29.8 Å². The predicted octanol–water partition coefficient (Wildman–Crippen LogP) is 5.84. The molecule has 0 aliphatic heterocycles. The van der Waals surface area contributed by atoms with Crippen molar-refractivity contribution >= 4 is 11.8 Å². The molecule has 1 heteroatoms. The molecule has 0 atom stereocenters. The largest absolute Gasteiger partial charge is 0.120 e. The van der Waals surface area contributed by atoms with Crippen LogP contribution in [0.15, 0.2) is 29.2 Å². The van der Waals surface area contributed by atoms with Crippen LogP contribution in [0.1, 0.15) is 58.4 Å². The van der Waals surface area contributed by atoms with Gasteiger partial charge in [0.1, 0.15) is 0 Å². The average Bonchev–Trinajstić information content (AvgIpc) is 2.27. The lowest BCUT2D eigenvalue weighted by molar-refractivity contribution is 0.559. The third-order valence-electron chi connectivity index (χ3n) is 3.05. The number of hydrogen-bond donors (Lipinski definition) is 0. The Morgan fingerprint density at radius 2 is 1.65 bits per heavy atom. The van der Waals surface area contributed by atoms with Crippen LogP contribution in [-0.4, -0.2) is 4.75 Å². The lowest BCUT2D eigenvalue weighted by atomic mass is 10.0. The highest BCUT2D eigenvalue weighted by atomic mass is 32.2. The summed E-state index contributed by atoms with van der Waals surface area (Å²) >= 11 is 2.01. The van der Waals surface area contributed by atoms with Crippen LogP contribution < -0.4 is 0 Å². The topological polar surface area (TPSA) is 0 Å². The molecular formula is C16H26S. The summed E-state index contributed by atoms with van der Waals surface area (Å²) in [7, 11) is 0. The summed E-state index contributed by atoms with van der Waals surface area (Å²) in [5.74, 6) is 0. The van der Waals surface area contributed by atoms with Crippen LogP contribution in [0.3, 0.4) is 0 Å². The van der Waals surface area contributed by atoms with E-state index in [1.54, 1.807) is 0 Å². The zero-order chi connectivity index (χ0) is 12.7. The molecule has 0 fully saturated rings. The number of thioether (sulfide) groups is 1. The van der Waals surface area contributed by atoms with Crippen LogP contribution in [0.25, 0.3) is 0 Å². The Bertz CT molecular complexity index is 311. The normalized spacial score (nSPS) is 11.8. The van der Waals surface area contributed by atoms with Crippen LogP contribution in [0, 0.1) is 6.92 Å². The molecule has 0 heterocycles. The Labute approximate surface area is 111 Å². The highest BCUT2D eigenvalue weighted by Crippen LogP contribution is 2.36. The average molecular weight is 250 g/mol. The molecule has 0 spiro atoms. The van der Waals surface area contributed by atoms with Crippen LogP contribution in [0.5, 0.6) is 0 Å². The van der Waals surface area contributed by atoms with Crippen molar-refractivity contribution in [2.24, 2.45) is 0 Å². The first-order valence-corrected chi connectivity index (χ1v) is 7.61. The second kappa shape index (κ2) is 7.10. The van der Waals surface area contributed by atoms with Crippen molar-refractivity contribution in [2.75, 3.05) is 0 Å². The molecule has 0 bridgehead atoms. The molecule has 0 unspecified atom stereocenters. The molecule has 0 aliphatic carbocycles. The minimum atomic E-state index is 0.364. The predicted molar refractivity (Wildman–Crippen MR) is 79.9 cm³/mol. The van der Waals surface area contributed by atoms with Crippen molar-refractivity contribution in [3.63, 3.8) is 0 Å². The fourth-order valence-corrected chi connectivity index (χ4v) is 3.11. The van der Waals surface area contributed by atoms with Crippen LogP contribution in [0.4, 0.5) is 0 Å². The minimum Gasteiger partial charge on any atom is -0.120 e. The quantitative estimate of drug-likeness (QED) is 0.433. The van der Waals surface area contributed by atoms with Gasteiger partial charge in [0.15, 0.2) is 0 Å². The zero-order valence-electron chi connectivity index (χ0n) is 11.8. The van der Waals surface area contributed by atoms with Crippen molar-refractivity contribution in [1.82, 2.24) is 0 Å². The maximum absolute atomic E-state index is 2.36. The van der Waals surface area contributed by atoms with E-state index in [2.05, 4.69) is 52.0 Å². The van der Waals surface area contributed by atoms with Gasteiger partial charge in [0.25, 0.3) is 0 Å². The number of hydrogen-bond acceptors (Lipinski definition) is 1. The van der Waals surface area contributed by atoms with Gasteiger partial charge in [0, 0.05) is 9.64 Å². The Morgan fingerprint density at radius 1 is 1.00 bits per heavy atom. The van der Waals surface area contributed by atoms with E-state index in [9.17, 15) is 0 Å². The summed E-state index contributed by atoms with van der Waals surface area (Å²) in [6.07, 6.45) is 6.76. The molecule has 1 aromatic carbocycles. The van der Waals surface area contributed by atoms with Gasteiger partial charge in [-0.2, -0.15) is 0 Å². The van der Waals surface area contributed by atoms with E-state index < -0.39 is 0 Å². The summed E-state index contributed by atoms with van der Waals surface area (Å²) < 4.78 is 0.364. The number of unbranched alkanes of at least 4 members (excludes halogenated alkanes) is 3. The van der Waals surface area contributed by atoms with E-state index in [-0.39, 0.29) is 0 Å².